The molecule has 0 bridgehead atoms. The zero-order valence-corrected chi connectivity index (χ0v) is 9.43. The van der Waals surface area contributed by atoms with Crippen LogP contribution in [-0.2, 0) is 0 Å². The van der Waals surface area contributed by atoms with Crippen LogP contribution in [0.15, 0.2) is 28.7 Å². The summed E-state index contributed by atoms with van der Waals surface area (Å²) in [4.78, 5) is 0. The van der Waals surface area contributed by atoms with Gasteiger partial charge in [0.15, 0.2) is 0 Å². The minimum atomic E-state index is -0.228. The van der Waals surface area contributed by atoms with Gasteiger partial charge in [0.25, 0.3) is 0 Å². The first kappa shape index (κ1) is 10.1. The maximum absolute atomic E-state index is 12.7. The monoisotopic (exact) mass is 257 g/mol. The molecule has 1 aromatic rings. The SMILES string of the molecule is FC[C@H]1CNC[C@H]1c1ccc(Br)cc1. The van der Waals surface area contributed by atoms with E-state index in [2.05, 4.69) is 33.4 Å². The molecule has 1 aliphatic rings. The highest BCUT2D eigenvalue weighted by Crippen LogP contribution is 2.29. The van der Waals surface area contributed by atoms with Gasteiger partial charge in [-0.25, -0.2) is 0 Å². The Morgan fingerprint density at radius 2 is 2.00 bits per heavy atom. The lowest BCUT2D eigenvalue weighted by atomic mass is 9.90. The Balaban J connectivity index is 2.17. The van der Waals surface area contributed by atoms with Crippen molar-refractivity contribution in [3.8, 4) is 0 Å². The van der Waals surface area contributed by atoms with E-state index >= 15 is 0 Å². The molecule has 1 nitrogen and oxygen atoms in total. The zero-order chi connectivity index (χ0) is 9.97. The lowest BCUT2D eigenvalue weighted by Gasteiger charge is -2.15. The van der Waals surface area contributed by atoms with Crippen LogP contribution < -0.4 is 5.32 Å². The predicted octanol–water partition coefficient (Wildman–Crippen LogP) is 2.72. The number of nitrogens with one attached hydrogen (secondary N) is 1. The van der Waals surface area contributed by atoms with E-state index in [1.165, 1.54) is 5.56 Å². The Morgan fingerprint density at radius 1 is 1.29 bits per heavy atom. The van der Waals surface area contributed by atoms with Crippen molar-refractivity contribution in [1.82, 2.24) is 5.32 Å². The predicted molar refractivity (Wildman–Crippen MR) is 59.2 cm³/mol. The molecular formula is C11H13BrFN. The van der Waals surface area contributed by atoms with Gasteiger partial charge in [0.2, 0.25) is 0 Å². The minimum Gasteiger partial charge on any atom is -0.316 e. The maximum Gasteiger partial charge on any atom is 0.0941 e. The summed E-state index contributed by atoms with van der Waals surface area (Å²) in [7, 11) is 0. The van der Waals surface area contributed by atoms with Crippen LogP contribution in [0.2, 0.25) is 0 Å². The van der Waals surface area contributed by atoms with Crippen LogP contribution in [0.3, 0.4) is 0 Å². The summed E-state index contributed by atoms with van der Waals surface area (Å²) in [6, 6.07) is 8.18. The van der Waals surface area contributed by atoms with Crippen molar-refractivity contribution in [3.63, 3.8) is 0 Å². The molecule has 2 atom stereocenters. The molecule has 1 fully saturated rings. The number of halogens is 2. The van der Waals surface area contributed by atoms with Gasteiger partial charge < -0.3 is 5.32 Å². The molecule has 3 heteroatoms. The van der Waals surface area contributed by atoms with Crippen LogP contribution in [0.1, 0.15) is 11.5 Å². The molecule has 0 aliphatic carbocycles. The average molecular weight is 258 g/mol. The van der Waals surface area contributed by atoms with E-state index in [0.717, 1.165) is 17.6 Å². The Kier molecular flexibility index (Phi) is 3.19. The van der Waals surface area contributed by atoms with Crippen LogP contribution in [0.25, 0.3) is 0 Å². The fraction of sp³-hybridized carbons (Fsp3) is 0.455. The van der Waals surface area contributed by atoms with Crippen LogP contribution in [0.4, 0.5) is 4.39 Å². The van der Waals surface area contributed by atoms with Crippen molar-refractivity contribution < 1.29 is 4.39 Å². The lowest BCUT2D eigenvalue weighted by molar-refractivity contribution is 0.358. The fourth-order valence-electron chi connectivity index (χ4n) is 2.00. The van der Waals surface area contributed by atoms with Crippen molar-refractivity contribution in [2.24, 2.45) is 5.92 Å². The van der Waals surface area contributed by atoms with E-state index in [1.54, 1.807) is 0 Å². The molecule has 76 valence electrons. The Labute approximate surface area is 91.8 Å². The first-order chi connectivity index (χ1) is 6.81. The van der Waals surface area contributed by atoms with Crippen LogP contribution >= 0.6 is 15.9 Å². The topological polar surface area (TPSA) is 12.0 Å². The maximum atomic E-state index is 12.7. The van der Waals surface area contributed by atoms with Gasteiger partial charge in [-0.15, -0.1) is 0 Å². The third kappa shape index (κ3) is 1.98. The summed E-state index contributed by atoms with van der Waals surface area (Å²) in [6.45, 7) is 1.47. The molecule has 1 heterocycles. The quantitative estimate of drug-likeness (QED) is 0.860. The number of hydrogen-bond acceptors (Lipinski definition) is 1. The van der Waals surface area contributed by atoms with Gasteiger partial charge in [0.05, 0.1) is 6.67 Å². The molecule has 1 aromatic carbocycles. The van der Waals surface area contributed by atoms with Crippen molar-refractivity contribution in [2.75, 3.05) is 19.8 Å². The smallest absolute Gasteiger partial charge is 0.0941 e. The van der Waals surface area contributed by atoms with Gasteiger partial charge >= 0.3 is 0 Å². The standard InChI is InChI=1S/C11H13BrFN/c12-10-3-1-8(2-4-10)11-7-14-6-9(11)5-13/h1-4,9,11,14H,5-7H2/t9-,11-/m0/s1. The molecule has 0 aromatic heterocycles. The summed E-state index contributed by atoms with van der Waals surface area (Å²) in [5.74, 6) is 0.490. The molecule has 1 N–H and O–H groups in total. The summed E-state index contributed by atoms with van der Waals surface area (Å²) in [5.41, 5.74) is 1.24. The molecule has 0 spiro atoms. The third-order valence-electron chi connectivity index (χ3n) is 2.84. The zero-order valence-electron chi connectivity index (χ0n) is 7.84. The van der Waals surface area contributed by atoms with Gasteiger partial charge in [-0.3, -0.25) is 4.39 Å². The Morgan fingerprint density at radius 3 is 2.64 bits per heavy atom. The van der Waals surface area contributed by atoms with Crippen LogP contribution in [0.5, 0.6) is 0 Å². The Bertz CT molecular complexity index is 299. The number of rotatable bonds is 2. The fourth-order valence-corrected chi connectivity index (χ4v) is 2.26. The van der Waals surface area contributed by atoms with Crippen LogP contribution in [0, 0.1) is 5.92 Å². The molecule has 14 heavy (non-hydrogen) atoms. The summed E-state index contributed by atoms with van der Waals surface area (Å²) in [5, 5.41) is 3.23. The van der Waals surface area contributed by atoms with Crippen LogP contribution in [-0.4, -0.2) is 19.8 Å². The van der Waals surface area contributed by atoms with Crippen molar-refractivity contribution in [2.45, 2.75) is 5.92 Å². The lowest BCUT2D eigenvalue weighted by Crippen LogP contribution is -2.12. The van der Waals surface area contributed by atoms with E-state index in [0.29, 0.717) is 5.92 Å². The molecule has 0 saturated carbocycles. The van der Waals surface area contributed by atoms with Gasteiger partial charge in [0, 0.05) is 29.4 Å². The number of hydrogen-bond donors (Lipinski definition) is 1. The molecule has 1 aliphatic heterocycles. The highest BCUT2D eigenvalue weighted by atomic mass is 79.9. The van der Waals surface area contributed by atoms with E-state index in [1.807, 2.05) is 12.1 Å². The minimum absolute atomic E-state index is 0.149. The van der Waals surface area contributed by atoms with Gasteiger partial charge in [-0.05, 0) is 17.7 Å². The molecule has 2 rings (SSSR count). The van der Waals surface area contributed by atoms with E-state index < -0.39 is 0 Å². The number of benzene rings is 1. The van der Waals surface area contributed by atoms with Crippen molar-refractivity contribution in [1.29, 1.82) is 0 Å². The van der Waals surface area contributed by atoms with Gasteiger partial charge in [0.1, 0.15) is 0 Å². The average Bonchev–Trinajstić information content (AvgIpc) is 2.67. The number of alkyl halides is 1. The summed E-state index contributed by atoms with van der Waals surface area (Å²) >= 11 is 3.40. The molecule has 0 radical (unpaired) electrons. The molecule has 1 saturated heterocycles. The summed E-state index contributed by atoms with van der Waals surface area (Å²) < 4.78 is 13.7. The van der Waals surface area contributed by atoms with Crippen molar-refractivity contribution in [3.05, 3.63) is 34.3 Å². The highest BCUT2D eigenvalue weighted by Gasteiger charge is 2.27. The largest absolute Gasteiger partial charge is 0.316 e. The molecule has 0 amide bonds. The highest BCUT2D eigenvalue weighted by molar-refractivity contribution is 9.10. The second-order valence-corrected chi connectivity index (χ2v) is 4.65. The first-order valence-electron chi connectivity index (χ1n) is 4.83. The molecular weight excluding hydrogens is 245 g/mol. The van der Waals surface area contributed by atoms with Gasteiger partial charge in [-0.2, -0.15) is 0 Å². The van der Waals surface area contributed by atoms with E-state index in [9.17, 15) is 4.39 Å². The van der Waals surface area contributed by atoms with E-state index in [-0.39, 0.29) is 12.6 Å². The molecule has 0 unspecified atom stereocenters. The second-order valence-electron chi connectivity index (χ2n) is 3.73. The second kappa shape index (κ2) is 4.41. The van der Waals surface area contributed by atoms with E-state index in [4.69, 9.17) is 0 Å². The first-order valence-corrected chi connectivity index (χ1v) is 5.62. The normalized spacial score (nSPS) is 26.7. The Hall–Kier alpha value is -0.410. The third-order valence-corrected chi connectivity index (χ3v) is 3.36. The van der Waals surface area contributed by atoms with Gasteiger partial charge in [-0.1, -0.05) is 28.1 Å². The summed E-state index contributed by atoms with van der Waals surface area (Å²) in [6.07, 6.45) is 0. The van der Waals surface area contributed by atoms with Crippen molar-refractivity contribution >= 4 is 15.9 Å².